The first-order chi connectivity index (χ1) is 9.79. The smallest absolute Gasteiger partial charge is 0.0148 e. The Bertz CT molecular complexity index is 701. The Morgan fingerprint density at radius 3 is 2.05 bits per heavy atom. The van der Waals surface area contributed by atoms with E-state index in [0.29, 0.717) is 5.41 Å². The fraction of sp³-hybridized carbons (Fsp3) is 0.579. The zero-order chi connectivity index (χ0) is 15.3. The predicted molar refractivity (Wildman–Crippen MR) is 97.3 cm³/mol. The van der Waals surface area contributed by atoms with E-state index in [4.69, 9.17) is 0 Å². The molecule has 4 bridgehead atoms. The molecule has 0 aliphatic carbocycles. The van der Waals surface area contributed by atoms with Crippen molar-refractivity contribution in [1.82, 2.24) is 0 Å². The fourth-order valence-corrected chi connectivity index (χ4v) is 12.5. The first-order valence-corrected chi connectivity index (χ1v) is 11.2. The van der Waals surface area contributed by atoms with E-state index in [1.165, 1.54) is 12.3 Å². The summed E-state index contributed by atoms with van der Waals surface area (Å²) in [4.78, 5) is 0. The summed E-state index contributed by atoms with van der Waals surface area (Å²) in [6, 6.07) is 0. The number of hydrogen-bond acceptors (Lipinski definition) is 0. The van der Waals surface area contributed by atoms with Gasteiger partial charge in [-0.15, -0.1) is 0 Å². The van der Waals surface area contributed by atoms with Gasteiger partial charge < -0.3 is 0 Å². The highest BCUT2D eigenvalue weighted by Crippen LogP contribution is 2.81. The largest absolute Gasteiger partial charge is 0.0620 e. The van der Waals surface area contributed by atoms with E-state index in [1.54, 1.807) is 32.9 Å². The number of hydrogen-bond donors (Lipinski definition) is 0. The van der Waals surface area contributed by atoms with Gasteiger partial charge in [0.15, 0.2) is 0 Å². The molecule has 4 atom stereocenters. The molecule has 0 radical (unpaired) electrons. The summed E-state index contributed by atoms with van der Waals surface area (Å²) >= 11 is 0. The molecule has 0 saturated carbocycles. The van der Waals surface area contributed by atoms with Crippen LogP contribution in [0.5, 0.6) is 0 Å². The first-order valence-electron chi connectivity index (χ1n) is 8.12. The van der Waals surface area contributed by atoms with Crippen molar-refractivity contribution in [2.24, 2.45) is 11.3 Å². The summed E-state index contributed by atoms with van der Waals surface area (Å²) < 4.78 is 0. The van der Waals surface area contributed by atoms with Gasteiger partial charge in [0.1, 0.15) is 0 Å². The zero-order valence-corrected chi connectivity index (χ0v) is 16.2. The van der Waals surface area contributed by atoms with E-state index < -0.39 is 0 Å². The lowest BCUT2D eigenvalue weighted by Crippen LogP contribution is -2.17. The van der Waals surface area contributed by atoms with Crippen LogP contribution in [0.4, 0.5) is 0 Å². The van der Waals surface area contributed by atoms with Crippen molar-refractivity contribution < 1.29 is 0 Å². The molecule has 4 aliphatic heterocycles. The highest BCUT2D eigenvalue weighted by atomic mass is 31.1. The quantitative estimate of drug-likeness (QED) is 0.469. The lowest BCUT2D eigenvalue weighted by atomic mass is 9.78. The Hall–Kier alpha value is -0.180. The summed E-state index contributed by atoms with van der Waals surface area (Å²) in [5.74, 6) is 0.792. The van der Waals surface area contributed by atoms with Crippen LogP contribution >= 0.6 is 15.8 Å². The third kappa shape index (κ3) is 1.50. The molecule has 2 heteroatoms. The summed E-state index contributed by atoms with van der Waals surface area (Å²) in [5, 5.41) is 7.18. The molecular formula is C19H26P2. The van der Waals surface area contributed by atoms with Crippen LogP contribution in [0.15, 0.2) is 43.5 Å². The monoisotopic (exact) mass is 316 g/mol. The molecule has 0 amide bonds. The fourth-order valence-electron chi connectivity index (χ4n) is 4.91. The molecule has 0 fully saturated rings. The average molecular weight is 316 g/mol. The van der Waals surface area contributed by atoms with Crippen LogP contribution in [-0.4, -0.2) is 12.3 Å². The van der Waals surface area contributed by atoms with Gasteiger partial charge >= 0.3 is 0 Å². The number of rotatable bonds is 1. The van der Waals surface area contributed by atoms with Gasteiger partial charge in [0, 0.05) is 11.3 Å². The van der Waals surface area contributed by atoms with Crippen molar-refractivity contribution in [3.63, 3.8) is 0 Å². The second-order valence-electron chi connectivity index (χ2n) is 7.57. The number of allylic oxidation sites excluding steroid dienone is 8. The summed E-state index contributed by atoms with van der Waals surface area (Å²) in [7, 11) is 0.00915. The zero-order valence-electron chi connectivity index (χ0n) is 14.4. The third-order valence-corrected chi connectivity index (χ3v) is 13.3. The second-order valence-corrected chi connectivity index (χ2v) is 12.2. The van der Waals surface area contributed by atoms with Crippen LogP contribution in [0.2, 0.25) is 0 Å². The summed E-state index contributed by atoms with van der Waals surface area (Å²) in [6.07, 6.45) is 2.85. The highest BCUT2D eigenvalue weighted by Gasteiger charge is 2.52. The lowest BCUT2D eigenvalue weighted by Gasteiger charge is -2.31. The standard InChI is InChI=1S/C19H26P2/c1-10-14(5)20-8-16(10)11(2)17(20)18-13(4)19(7)9-21(18)15(6)12(19)3/h16H,8-9H2,1-7H3/t16-,19-,20?,21?/m1/s1. The minimum atomic E-state index is -0.00854. The Morgan fingerprint density at radius 1 is 0.810 bits per heavy atom. The molecule has 0 aromatic carbocycles. The maximum absolute atomic E-state index is 2.50. The van der Waals surface area contributed by atoms with Crippen LogP contribution in [0.1, 0.15) is 48.5 Å². The first kappa shape index (κ1) is 14.4. The molecule has 0 nitrogen and oxygen atoms in total. The summed E-state index contributed by atoms with van der Waals surface area (Å²) in [6.45, 7) is 17.0. The van der Waals surface area contributed by atoms with Gasteiger partial charge in [0.25, 0.3) is 0 Å². The Balaban J connectivity index is 1.86. The minimum Gasteiger partial charge on any atom is -0.0620 e. The normalized spacial score (nSPS) is 41.6. The topological polar surface area (TPSA) is 0 Å². The number of fused-ring (bicyclic) bond motifs is 4. The predicted octanol–water partition coefficient (Wildman–Crippen LogP) is 6.76. The Morgan fingerprint density at radius 2 is 1.48 bits per heavy atom. The molecule has 0 N–H and O–H groups in total. The maximum atomic E-state index is 2.50. The van der Waals surface area contributed by atoms with Crippen LogP contribution < -0.4 is 0 Å². The van der Waals surface area contributed by atoms with Crippen molar-refractivity contribution in [3.05, 3.63) is 43.5 Å². The van der Waals surface area contributed by atoms with Gasteiger partial charge in [-0.3, -0.25) is 0 Å². The van der Waals surface area contributed by atoms with Crippen molar-refractivity contribution >= 4 is 15.8 Å². The van der Waals surface area contributed by atoms with E-state index in [0.717, 1.165) is 5.92 Å². The van der Waals surface area contributed by atoms with E-state index in [9.17, 15) is 0 Å². The average Bonchev–Trinajstić information content (AvgIpc) is 3.07. The molecule has 2 unspecified atom stereocenters. The van der Waals surface area contributed by atoms with E-state index >= 15 is 0 Å². The minimum absolute atomic E-state index is 0.00854. The lowest BCUT2D eigenvalue weighted by molar-refractivity contribution is 0.561. The van der Waals surface area contributed by atoms with Crippen LogP contribution in [0, 0.1) is 11.3 Å². The van der Waals surface area contributed by atoms with Gasteiger partial charge in [-0.25, -0.2) is 0 Å². The molecule has 4 rings (SSSR count). The van der Waals surface area contributed by atoms with Gasteiger partial charge in [0.05, 0.1) is 0 Å². The SMILES string of the molecule is CC1=C(C)P2C[C@H]1C(C)=C2C1=C(C)[C@]2(C)CP1C(C)=C2C. The van der Waals surface area contributed by atoms with E-state index in [1.807, 2.05) is 10.6 Å². The van der Waals surface area contributed by atoms with E-state index in [-0.39, 0.29) is 15.8 Å². The molecular weight excluding hydrogens is 290 g/mol. The molecule has 0 spiro atoms. The van der Waals surface area contributed by atoms with E-state index in [2.05, 4.69) is 48.5 Å². The van der Waals surface area contributed by atoms with Gasteiger partial charge in [-0.1, -0.05) is 29.2 Å². The van der Waals surface area contributed by atoms with Crippen molar-refractivity contribution in [1.29, 1.82) is 0 Å². The Labute approximate surface area is 132 Å². The molecule has 0 saturated heterocycles. The highest BCUT2D eigenvalue weighted by molar-refractivity contribution is 7.73. The third-order valence-electron chi connectivity index (χ3n) is 6.96. The molecule has 0 aromatic heterocycles. The van der Waals surface area contributed by atoms with Crippen LogP contribution in [0.25, 0.3) is 0 Å². The maximum Gasteiger partial charge on any atom is 0.0148 e. The second kappa shape index (κ2) is 4.21. The summed E-state index contributed by atoms with van der Waals surface area (Å²) in [5.41, 5.74) is 7.25. The van der Waals surface area contributed by atoms with Crippen LogP contribution in [0.3, 0.4) is 0 Å². The molecule has 0 aromatic rings. The Kier molecular flexibility index (Phi) is 2.89. The van der Waals surface area contributed by atoms with Crippen molar-refractivity contribution in [3.8, 4) is 0 Å². The van der Waals surface area contributed by atoms with Gasteiger partial charge in [-0.05, 0) is 91.0 Å². The van der Waals surface area contributed by atoms with Crippen LogP contribution in [-0.2, 0) is 0 Å². The molecule has 21 heavy (non-hydrogen) atoms. The van der Waals surface area contributed by atoms with Crippen molar-refractivity contribution in [2.75, 3.05) is 12.3 Å². The molecule has 4 heterocycles. The van der Waals surface area contributed by atoms with Gasteiger partial charge in [-0.2, -0.15) is 0 Å². The molecule has 4 aliphatic rings. The van der Waals surface area contributed by atoms with Gasteiger partial charge in [0.2, 0.25) is 0 Å². The molecule has 112 valence electrons. The van der Waals surface area contributed by atoms with Crippen molar-refractivity contribution in [2.45, 2.75) is 48.5 Å².